The SMILES string of the molecule is Cc1ccsc1[C@H](C)NCc1ccc(Cn2ccnc2)cc1. The zero-order valence-electron chi connectivity index (χ0n) is 13.0. The zero-order chi connectivity index (χ0) is 15.4. The van der Waals surface area contributed by atoms with E-state index < -0.39 is 0 Å². The molecule has 0 aliphatic heterocycles. The first kappa shape index (κ1) is 15.0. The van der Waals surface area contributed by atoms with Gasteiger partial charge in [0.15, 0.2) is 0 Å². The molecule has 0 amide bonds. The molecule has 3 rings (SSSR count). The number of nitrogens with one attached hydrogen (secondary N) is 1. The van der Waals surface area contributed by atoms with E-state index in [-0.39, 0.29) is 0 Å². The molecule has 2 heterocycles. The van der Waals surface area contributed by atoms with Gasteiger partial charge in [-0.15, -0.1) is 11.3 Å². The van der Waals surface area contributed by atoms with Crippen LogP contribution in [-0.2, 0) is 13.1 Å². The molecule has 0 aliphatic carbocycles. The van der Waals surface area contributed by atoms with Crippen LogP contribution in [0.2, 0.25) is 0 Å². The number of hydrogen-bond acceptors (Lipinski definition) is 3. The second-order valence-electron chi connectivity index (χ2n) is 5.62. The van der Waals surface area contributed by atoms with Crippen molar-refractivity contribution in [2.45, 2.75) is 33.0 Å². The van der Waals surface area contributed by atoms with E-state index in [1.807, 2.05) is 30.1 Å². The van der Waals surface area contributed by atoms with Crippen molar-refractivity contribution >= 4 is 11.3 Å². The summed E-state index contributed by atoms with van der Waals surface area (Å²) in [6, 6.07) is 11.4. The Hall–Kier alpha value is -1.91. The average molecular weight is 311 g/mol. The third-order valence-corrected chi connectivity index (χ3v) is 5.06. The topological polar surface area (TPSA) is 29.9 Å². The summed E-state index contributed by atoms with van der Waals surface area (Å²) in [5.74, 6) is 0. The Morgan fingerprint density at radius 1 is 1.18 bits per heavy atom. The minimum atomic E-state index is 0.394. The van der Waals surface area contributed by atoms with Crippen LogP contribution in [0.4, 0.5) is 0 Å². The van der Waals surface area contributed by atoms with Crippen molar-refractivity contribution in [1.29, 1.82) is 0 Å². The molecular formula is C18H21N3S. The molecule has 0 spiro atoms. The van der Waals surface area contributed by atoms with Crippen LogP contribution >= 0.6 is 11.3 Å². The van der Waals surface area contributed by atoms with E-state index in [1.165, 1.54) is 21.6 Å². The van der Waals surface area contributed by atoms with Gasteiger partial charge < -0.3 is 9.88 Å². The van der Waals surface area contributed by atoms with Crippen LogP contribution in [0.15, 0.2) is 54.4 Å². The number of hydrogen-bond donors (Lipinski definition) is 1. The largest absolute Gasteiger partial charge is 0.333 e. The molecule has 0 unspecified atom stereocenters. The van der Waals surface area contributed by atoms with E-state index in [1.54, 1.807) is 0 Å². The normalized spacial score (nSPS) is 12.5. The highest BCUT2D eigenvalue weighted by molar-refractivity contribution is 7.10. The zero-order valence-corrected chi connectivity index (χ0v) is 13.8. The monoisotopic (exact) mass is 311 g/mol. The minimum absolute atomic E-state index is 0.394. The Labute approximate surface area is 135 Å². The fourth-order valence-corrected chi connectivity index (χ4v) is 3.51. The van der Waals surface area contributed by atoms with E-state index in [2.05, 4.69) is 64.4 Å². The fraction of sp³-hybridized carbons (Fsp3) is 0.278. The Bertz CT molecular complexity index is 698. The van der Waals surface area contributed by atoms with Crippen LogP contribution in [0.25, 0.3) is 0 Å². The quantitative estimate of drug-likeness (QED) is 0.741. The van der Waals surface area contributed by atoms with Crippen molar-refractivity contribution in [2.75, 3.05) is 0 Å². The molecule has 2 aromatic heterocycles. The Balaban J connectivity index is 1.56. The molecule has 0 fully saturated rings. The van der Waals surface area contributed by atoms with Gasteiger partial charge in [0.1, 0.15) is 0 Å². The summed E-state index contributed by atoms with van der Waals surface area (Å²) < 4.78 is 2.08. The molecule has 0 radical (unpaired) electrons. The summed E-state index contributed by atoms with van der Waals surface area (Å²) in [4.78, 5) is 5.50. The molecule has 3 nitrogen and oxygen atoms in total. The van der Waals surface area contributed by atoms with Crippen molar-refractivity contribution in [3.63, 3.8) is 0 Å². The number of nitrogens with zero attached hydrogens (tertiary/aromatic N) is 2. The number of rotatable bonds is 6. The van der Waals surface area contributed by atoms with E-state index in [4.69, 9.17) is 0 Å². The molecule has 0 aliphatic rings. The third-order valence-electron chi connectivity index (χ3n) is 3.85. The standard InChI is InChI=1S/C18H21N3S/c1-14-7-10-22-18(14)15(2)20-11-16-3-5-17(6-4-16)12-21-9-8-19-13-21/h3-10,13,15,20H,11-12H2,1-2H3/t15-/m0/s1. The molecule has 0 bridgehead atoms. The fourth-order valence-electron chi connectivity index (χ4n) is 2.55. The van der Waals surface area contributed by atoms with Crippen LogP contribution in [0.5, 0.6) is 0 Å². The van der Waals surface area contributed by atoms with Gasteiger partial charge in [-0.25, -0.2) is 4.98 Å². The van der Waals surface area contributed by atoms with Gasteiger partial charge in [-0.3, -0.25) is 0 Å². The molecule has 114 valence electrons. The smallest absolute Gasteiger partial charge is 0.0949 e. The maximum absolute atomic E-state index is 4.07. The molecule has 1 aromatic carbocycles. The average Bonchev–Trinajstić information content (AvgIpc) is 3.18. The van der Waals surface area contributed by atoms with Gasteiger partial charge in [0.25, 0.3) is 0 Å². The predicted octanol–water partition coefficient (Wildman–Crippen LogP) is 4.15. The Morgan fingerprint density at radius 2 is 1.95 bits per heavy atom. The summed E-state index contributed by atoms with van der Waals surface area (Å²) in [6.45, 7) is 6.17. The van der Waals surface area contributed by atoms with Crippen LogP contribution in [0, 0.1) is 6.92 Å². The Morgan fingerprint density at radius 3 is 2.59 bits per heavy atom. The maximum atomic E-state index is 4.07. The number of thiophene rings is 1. The minimum Gasteiger partial charge on any atom is -0.333 e. The van der Waals surface area contributed by atoms with Crippen LogP contribution in [-0.4, -0.2) is 9.55 Å². The number of benzene rings is 1. The van der Waals surface area contributed by atoms with Crippen LogP contribution < -0.4 is 5.32 Å². The van der Waals surface area contributed by atoms with Gasteiger partial charge in [0.2, 0.25) is 0 Å². The van der Waals surface area contributed by atoms with Crippen molar-refractivity contribution in [3.8, 4) is 0 Å². The van der Waals surface area contributed by atoms with Crippen LogP contribution in [0.1, 0.15) is 34.5 Å². The Kier molecular flexibility index (Phi) is 4.71. The van der Waals surface area contributed by atoms with Crippen molar-refractivity contribution < 1.29 is 0 Å². The molecule has 0 saturated heterocycles. The molecule has 22 heavy (non-hydrogen) atoms. The lowest BCUT2D eigenvalue weighted by Crippen LogP contribution is -2.17. The van der Waals surface area contributed by atoms with E-state index in [0.717, 1.165) is 13.1 Å². The predicted molar refractivity (Wildman–Crippen MR) is 92.1 cm³/mol. The third kappa shape index (κ3) is 3.64. The summed E-state index contributed by atoms with van der Waals surface area (Å²) in [5, 5.41) is 5.76. The lowest BCUT2D eigenvalue weighted by molar-refractivity contribution is 0.580. The molecule has 4 heteroatoms. The summed E-state index contributed by atoms with van der Waals surface area (Å²) in [7, 11) is 0. The van der Waals surface area contributed by atoms with Gasteiger partial charge in [-0.2, -0.15) is 0 Å². The molecule has 0 saturated carbocycles. The first-order valence-corrected chi connectivity index (χ1v) is 8.41. The lowest BCUT2D eigenvalue weighted by Gasteiger charge is -2.14. The second-order valence-corrected chi connectivity index (χ2v) is 6.57. The molecule has 1 N–H and O–H groups in total. The molecule has 3 aromatic rings. The molecule has 1 atom stereocenters. The van der Waals surface area contributed by atoms with Gasteiger partial charge in [-0.05, 0) is 42.0 Å². The van der Waals surface area contributed by atoms with E-state index >= 15 is 0 Å². The number of aromatic nitrogens is 2. The van der Waals surface area contributed by atoms with Gasteiger partial charge in [0.05, 0.1) is 6.33 Å². The summed E-state index contributed by atoms with van der Waals surface area (Å²) in [5.41, 5.74) is 3.99. The van der Waals surface area contributed by atoms with Crippen molar-refractivity contribution in [1.82, 2.24) is 14.9 Å². The molecular weight excluding hydrogens is 290 g/mol. The van der Waals surface area contributed by atoms with Crippen molar-refractivity contribution in [3.05, 3.63) is 76.0 Å². The number of aryl methyl sites for hydroxylation is 1. The van der Waals surface area contributed by atoms with Gasteiger partial charge >= 0.3 is 0 Å². The van der Waals surface area contributed by atoms with Crippen LogP contribution in [0.3, 0.4) is 0 Å². The lowest BCUT2D eigenvalue weighted by atomic mass is 10.1. The van der Waals surface area contributed by atoms with E-state index in [0.29, 0.717) is 6.04 Å². The van der Waals surface area contributed by atoms with Crippen molar-refractivity contribution in [2.24, 2.45) is 0 Å². The number of imidazole rings is 1. The highest BCUT2D eigenvalue weighted by Crippen LogP contribution is 2.23. The summed E-state index contributed by atoms with van der Waals surface area (Å²) >= 11 is 1.83. The summed E-state index contributed by atoms with van der Waals surface area (Å²) in [6.07, 6.45) is 5.65. The highest BCUT2D eigenvalue weighted by Gasteiger charge is 2.09. The van der Waals surface area contributed by atoms with Gasteiger partial charge in [0, 0.05) is 36.4 Å². The second kappa shape index (κ2) is 6.90. The maximum Gasteiger partial charge on any atom is 0.0949 e. The first-order chi connectivity index (χ1) is 10.7. The highest BCUT2D eigenvalue weighted by atomic mass is 32.1. The first-order valence-electron chi connectivity index (χ1n) is 7.53. The van der Waals surface area contributed by atoms with E-state index in [9.17, 15) is 0 Å². The van der Waals surface area contributed by atoms with Gasteiger partial charge in [-0.1, -0.05) is 24.3 Å².